The van der Waals surface area contributed by atoms with E-state index < -0.39 is 5.91 Å². The second-order valence-electron chi connectivity index (χ2n) is 7.21. The fourth-order valence-corrected chi connectivity index (χ4v) is 3.34. The third kappa shape index (κ3) is 4.95. The van der Waals surface area contributed by atoms with E-state index in [1.54, 1.807) is 0 Å². The number of hydrogen-bond donors (Lipinski definition) is 2. The third-order valence-electron chi connectivity index (χ3n) is 5.02. The van der Waals surface area contributed by atoms with Crippen LogP contribution in [0.5, 0.6) is 5.75 Å². The predicted molar refractivity (Wildman–Crippen MR) is 94.8 cm³/mol. The highest BCUT2D eigenvalue weighted by Crippen LogP contribution is 2.32. The topological polar surface area (TPSA) is 84.7 Å². The third-order valence-corrected chi connectivity index (χ3v) is 5.02. The normalized spacial score (nSPS) is 23.3. The molecule has 2 aliphatic rings. The number of amides is 2. The number of piperidine rings is 1. The Bertz CT molecular complexity index is 613. The van der Waals surface area contributed by atoms with Gasteiger partial charge in [-0.25, -0.2) is 0 Å². The highest BCUT2D eigenvalue weighted by molar-refractivity contribution is 5.81. The average molecular weight is 345 g/mol. The van der Waals surface area contributed by atoms with Crippen molar-refractivity contribution in [2.24, 2.45) is 17.6 Å². The summed E-state index contributed by atoms with van der Waals surface area (Å²) in [6.45, 7) is 4.60. The average Bonchev–Trinajstić information content (AvgIpc) is 3.44. The van der Waals surface area contributed by atoms with E-state index in [9.17, 15) is 9.59 Å². The van der Waals surface area contributed by atoms with Crippen molar-refractivity contribution in [3.05, 3.63) is 29.8 Å². The fourth-order valence-electron chi connectivity index (χ4n) is 3.34. The molecular weight excluding hydrogens is 318 g/mol. The number of nitrogens with two attached hydrogens (primary N) is 1. The molecule has 3 N–H and O–H groups in total. The van der Waals surface area contributed by atoms with Crippen LogP contribution >= 0.6 is 0 Å². The Hall–Kier alpha value is -2.08. The summed E-state index contributed by atoms with van der Waals surface area (Å²) < 4.78 is 5.26. The maximum absolute atomic E-state index is 12.2. The lowest BCUT2D eigenvalue weighted by atomic mass is 9.93. The number of ether oxygens (including phenoxy) is 1. The van der Waals surface area contributed by atoms with E-state index in [4.69, 9.17) is 10.5 Å². The lowest BCUT2D eigenvalue weighted by Gasteiger charge is -2.37. The van der Waals surface area contributed by atoms with Crippen molar-refractivity contribution in [3.8, 4) is 5.75 Å². The number of primary amides is 1. The number of nitrogens with one attached hydrogen (secondary N) is 1. The molecule has 1 aliphatic carbocycles. The van der Waals surface area contributed by atoms with Gasteiger partial charge in [0.25, 0.3) is 5.91 Å². The number of carbonyl (C=O) groups excluding carboxylic acids is 2. The first-order valence-electron chi connectivity index (χ1n) is 9.05. The van der Waals surface area contributed by atoms with Gasteiger partial charge in [0.2, 0.25) is 5.91 Å². The molecule has 1 aliphatic heterocycles. The molecule has 2 atom stereocenters. The Morgan fingerprint density at radius 2 is 1.96 bits per heavy atom. The van der Waals surface area contributed by atoms with Crippen molar-refractivity contribution in [3.63, 3.8) is 0 Å². The number of nitrogens with zero attached hydrogens (tertiary/aromatic N) is 1. The Kier molecular flexibility index (Phi) is 5.58. The monoisotopic (exact) mass is 345 g/mol. The highest BCUT2D eigenvalue weighted by atomic mass is 16.5. The summed E-state index contributed by atoms with van der Waals surface area (Å²) >= 11 is 0. The number of carbonyl (C=O) groups is 2. The van der Waals surface area contributed by atoms with Crippen LogP contribution in [0.1, 0.15) is 31.7 Å². The van der Waals surface area contributed by atoms with Crippen LogP contribution in [-0.4, -0.2) is 42.5 Å². The van der Waals surface area contributed by atoms with E-state index in [0.29, 0.717) is 29.5 Å². The molecule has 6 nitrogen and oxygen atoms in total. The van der Waals surface area contributed by atoms with Crippen LogP contribution in [0.4, 0.5) is 0 Å². The van der Waals surface area contributed by atoms with Crippen molar-refractivity contribution < 1.29 is 14.3 Å². The first kappa shape index (κ1) is 17.7. The van der Waals surface area contributed by atoms with E-state index in [-0.39, 0.29) is 6.61 Å². The molecule has 3 rings (SSSR count). The van der Waals surface area contributed by atoms with Gasteiger partial charge < -0.3 is 20.7 Å². The first-order chi connectivity index (χ1) is 12.0. The molecule has 1 saturated carbocycles. The highest BCUT2D eigenvalue weighted by Gasteiger charge is 2.36. The quantitative estimate of drug-likeness (QED) is 0.780. The number of hydrogen-bond acceptors (Lipinski definition) is 4. The van der Waals surface area contributed by atoms with Gasteiger partial charge in [-0.05, 0) is 42.9 Å². The lowest BCUT2D eigenvalue weighted by Crippen LogP contribution is -2.50. The van der Waals surface area contributed by atoms with Crippen LogP contribution < -0.4 is 15.8 Å². The standard InChI is InChI=1S/C19H27N3O3/c1-13-11-22(19(24)15-4-5-15)9-8-17(13)21-10-14-2-6-16(7-3-14)25-12-18(20)23/h2-3,6-7,13,15,17,21H,4-5,8-12H2,1H3,(H2,20,23)/t13-,17+/m0/s1. The minimum Gasteiger partial charge on any atom is -0.484 e. The summed E-state index contributed by atoms with van der Waals surface area (Å²) in [7, 11) is 0. The van der Waals surface area contributed by atoms with E-state index >= 15 is 0 Å². The summed E-state index contributed by atoms with van der Waals surface area (Å²) in [5.41, 5.74) is 6.23. The van der Waals surface area contributed by atoms with Gasteiger partial charge in [-0.2, -0.15) is 0 Å². The minimum absolute atomic E-state index is 0.104. The molecule has 0 aromatic heterocycles. The molecular formula is C19H27N3O3. The van der Waals surface area contributed by atoms with Crippen molar-refractivity contribution in [1.82, 2.24) is 10.2 Å². The molecule has 1 saturated heterocycles. The van der Waals surface area contributed by atoms with Gasteiger partial charge in [-0.15, -0.1) is 0 Å². The first-order valence-corrected chi connectivity index (χ1v) is 9.05. The summed E-state index contributed by atoms with van der Waals surface area (Å²) in [6, 6.07) is 8.09. The molecule has 1 heterocycles. The molecule has 136 valence electrons. The molecule has 6 heteroatoms. The smallest absolute Gasteiger partial charge is 0.255 e. The second-order valence-corrected chi connectivity index (χ2v) is 7.21. The fraction of sp³-hybridized carbons (Fsp3) is 0.579. The van der Waals surface area contributed by atoms with E-state index in [1.807, 2.05) is 29.2 Å². The van der Waals surface area contributed by atoms with Crippen LogP contribution in [0.15, 0.2) is 24.3 Å². The van der Waals surface area contributed by atoms with Gasteiger partial charge >= 0.3 is 0 Å². The van der Waals surface area contributed by atoms with Gasteiger partial charge in [0.1, 0.15) is 5.75 Å². The van der Waals surface area contributed by atoms with Crippen LogP contribution in [-0.2, 0) is 16.1 Å². The minimum atomic E-state index is -0.480. The maximum Gasteiger partial charge on any atom is 0.255 e. The number of likely N-dealkylation sites (tertiary alicyclic amines) is 1. The number of rotatable bonds is 7. The zero-order valence-electron chi connectivity index (χ0n) is 14.7. The van der Waals surface area contributed by atoms with Gasteiger partial charge in [0, 0.05) is 31.6 Å². The van der Waals surface area contributed by atoms with Crippen molar-refractivity contribution in [1.29, 1.82) is 0 Å². The predicted octanol–water partition coefficient (Wildman–Crippen LogP) is 1.29. The Morgan fingerprint density at radius 1 is 1.24 bits per heavy atom. The molecule has 0 spiro atoms. The molecule has 0 unspecified atom stereocenters. The van der Waals surface area contributed by atoms with Gasteiger partial charge in [0.15, 0.2) is 6.61 Å². The molecule has 1 aromatic carbocycles. The van der Waals surface area contributed by atoms with Gasteiger partial charge in [-0.3, -0.25) is 9.59 Å². The van der Waals surface area contributed by atoms with Crippen LogP contribution in [0.2, 0.25) is 0 Å². The zero-order chi connectivity index (χ0) is 17.8. The van der Waals surface area contributed by atoms with Crippen molar-refractivity contribution in [2.45, 2.75) is 38.8 Å². The summed E-state index contributed by atoms with van der Waals surface area (Å²) in [4.78, 5) is 24.9. The van der Waals surface area contributed by atoms with Gasteiger partial charge in [-0.1, -0.05) is 19.1 Å². The molecule has 0 bridgehead atoms. The van der Waals surface area contributed by atoms with Crippen LogP contribution in [0.25, 0.3) is 0 Å². The van der Waals surface area contributed by atoms with E-state index in [1.165, 1.54) is 0 Å². The Morgan fingerprint density at radius 3 is 2.56 bits per heavy atom. The van der Waals surface area contributed by atoms with Crippen molar-refractivity contribution >= 4 is 11.8 Å². The largest absolute Gasteiger partial charge is 0.484 e. The molecule has 2 fully saturated rings. The summed E-state index contributed by atoms with van der Waals surface area (Å²) in [6.07, 6.45) is 3.15. The number of benzene rings is 1. The zero-order valence-corrected chi connectivity index (χ0v) is 14.7. The van der Waals surface area contributed by atoms with Crippen molar-refractivity contribution in [2.75, 3.05) is 19.7 Å². The lowest BCUT2D eigenvalue weighted by molar-refractivity contribution is -0.134. The Balaban J connectivity index is 1.44. The van der Waals surface area contributed by atoms with E-state index in [0.717, 1.165) is 44.5 Å². The molecule has 25 heavy (non-hydrogen) atoms. The molecule has 1 aromatic rings. The van der Waals surface area contributed by atoms with Crippen LogP contribution in [0.3, 0.4) is 0 Å². The van der Waals surface area contributed by atoms with Crippen LogP contribution in [0, 0.1) is 11.8 Å². The summed E-state index contributed by atoms with van der Waals surface area (Å²) in [5, 5.41) is 3.61. The van der Waals surface area contributed by atoms with Gasteiger partial charge in [0.05, 0.1) is 0 Å². The molecule has 2 amide bonds. The van der Waals surface area contributed by atoms with E-state index in [2.05, 4.69) is 12.2 Å². The maximum atomic E-state index is 12.2. The Labute approximate surface area is 148 Å². The second kappa shape index (κ2) is 7.87. The summed E-state index contributed by atoms with van der Waals surface area (Å²) in [5.74, 6) is 1.28. The molecule has 0 radical (unpaired) electrons. The SMILES string of the molecule is C[C@H]1CN(C(=O)C2CC2)CC[C@H]1NCc1ccc(OCC(N)=O)cc1.